The molecule has 1 amide bonds. The van der Waals surface area contributed by atoms with Gasteiger partial charge in [0.25, 0.3) is 0 Å². The molecule has 0 radical (unpaired) electrons. The molecule has 1 aromatic carbocycles. The summed E-state index contributed by atoms with van der Waals surface area (Å²) in [5, 5.41) is 2.53. The van der Waals surface area contributed by atoms with E-state index >= 15 is 0 Å². The van der Waals surface area contributed by atoms with E-state index in [1.165, 1.54) is 0 Å². The summed E-state index contributed by atoms with van der Waals surface area (Å²) in [7, 11) is 0. The number of ether oxygens (including phenoxy) is 1. The highest BCUT2D eigenvalue weighted by atomic mass is 16.5. The fourth-order valence-electron chi connectivity index (χ4n) is 1.60. The van der Waals surface area contributed by atoms with Gasteiger partial charge in [0, 0.05) is 0 Å². The maximum Gasteiger partial charge on any atom is 0.408 e. The summed E-state index contributed by atoms with van der Waals surface area (Å²) < 4.78 is 5.03. The normalized spacial score (nSPS) is 11.6. The fourth-order valence-corrected chi connectivity index (χ4v) is 1.60. The first kappa shape index (κ1) is 15.2. The summed E-state index contributed by atoms with van der Waals surface area (Å²) in [6.07, 6.45) is 2.37. The molecule has 0 aliphatic carbocycles. The quantitative estimate of drug-likeness (QED) is 0.552. The third-order valence-corrected chi connectivity index (χ3v) is 2.65. The molecule has 0 aromatic heterocycles. The number of hydrogen-bond donors (Lipinski definition) is 2. The van der Waals surface area contributed by atoms with Crippen molar-refractivity contribution in [1.29, 1.82) is 0 Å². The molecule has 3 N–H and O–H groups in total. The molecule has 104 valence electrons. The monoisotopic (exact) mass is 264 g/mol. The minimum atomic E-state index is -0.575. The van der Waals surface area contributed by atoms with Gasteiger partial charge in [0.1, 0.15) is 12.9 Å². The number of unbranched alkanes of at least 4 members (excludes halogenated alkanes) is 1. The number of rotatable bonds is 8. The van der Waals surface area contributed by atoms with E-state index in [0.29, 0.717) is 13.0 Å². The van der Waals surface area contributed by atoms with Crippen LogP contribution in [0.5, 0.6) is 0 Å². The van der Waals surface area contributed by atoms with Crippen molar-refractivity contribution in [2.75, 3.05) is 6.54 Å². The van der Waals surface area contributed by atoms with E-state index in [-0.39, 0.29) is 6.61 Å². The molecule has 0 unspecified atom stereocenters. The van der Waals surface area contributed by atoms with Crippen molar-refractivity contribution in [1.82, 2.24) is 5.32 Å². The molecule has 5 nitrogen and oxygen atoms in total. The molecule has 1 atom stereocenters. The number of carbonyl (C=O) groups excluding carboxylic acids is 2. The molecular formula is C14H20N2O3. The second-order valence-electron chi connectivity index (χ2n) is 4.23. The number of benzene rings is 1. The Morgan fingerprint density at radius 3 is 2.68 bits per heavy atom. The highest BCUT2D eigenvalue weighted by Crippen LogP contribution is 2.02. The van der Waals surface area contributed by atoms with Crippen LogP contribution in [-0.2, 0) is 16.1 Å². The lowest BCUT2D eigenvalue weighted by molar-refractivity contribution is -0.109. The van der Waals surface area contributed by atoms with Crippen LogP contribution >= 0.6 is 0 Å². The van der Waals surface area contributed by atoms with Crippen molar-refractivity contribution in [2.45, 2.75) is 31.9 Å². The number of nitrogens with two attached hydrogens (primary N) is 1. The van der Waals surface area contributed by atoms with E-state index in [2.05, 4.69) is 5.32 Å². The van der Waals surface area contributed by atoms with E-state index < -0.39 is 12.1 Å². The fraction of sp³-hybridized carbons (Fsp3) is 0.429. The molecule has 0 aliphatic heterocycles. The largest absolute Gasteiger partial charge is 0.445 e. The highest BCUT2D eigenvalue weighted by Gasteiger charge is 2.11. The summed E-state index contributed by atoms with van der Waals surface area (Å²) in [5.74, 6) is 0. The minimum Gasteiger partial charge on any atom is -0.445 e. The van der Waals surface area contributed by atoms with Gasteiger partial charge < -0.3 is 20.6 Å². The first-order valence-electron chi connectivity index (χ1n) is 6.39. The van der Waals surface area contributed by atoms with Gasteiger partial charge in [-0.25, -0.2) is 4.79 Å². The molecule has 1 rings (SSSR count). The number of carbonyl (C=O) groups is 2. The molecule has 5 heteroatoms. The predicted molar refractivity (Wildman–Crippen MR) is 72.5 cm³/mol. The molecule has 0 heterocycles. The van der Waals surface area contributed by atoms with E-state index in [4.69, 9.17) is 10.5 Å². The average Bonchev–Trinajstić information content (AvgIpc) is 2.45. The van der Waals surface area contributed by atoms with E-state index in [1.807, 2.05) is 30.3 Å². The third kappa shape index (κ3) is 6.57. The van der Waals surface area contributed by atoms with E-state index in [0.717, 1.165) is 24.7 Å². The molecule has 1 aromatic rings. The topological polar surface area (TPSA) is 81.4 Å². The maximum absolute atomic E-state index is 11.5. The van der Waals surface area contributed by atoms with Gasteiger partial charge in [0.05, 0.1) is 6.04 Å². The molecule has 0 spiro atoms. The van der Waals surface area contributed by atoms with Crippen molar-refractivity contribution >= 4 is 12.4 Å². The number of nitrogens with one attached hydrogen (secondary N) is 1. The molecular weight excluding hydrogens is 244 g/mol. The van der Waals surface area contributed by atoms with Crippen LogP contribution < -0.4 is 11.1 Å². The summed E-state index contributed by atoms with van der Waals surface area (Å²) in [6, 6.07) is 8.87. The molecule has 0 fully saturated rings. The van der Waals surface area contributed by atoms with Gasteiger partial charge in [-0.2, -0.15) is 0 Å². The molecule has 0 bridgehead atoms. The standard InChI is InChI=1S/C14H20N2O3/c15-9-5-4-8-13(10-17)16-14(18)19-11-12-6-2-1-3-7-12/h1-3,6-7,10,13H,4-5,8-9,11,15H2,(H,16,18)/t13-/m0/s1. The Kier molecular flexibility index (Phi) is 7.27. The Labute approximate surface area is 113 Å². The van der Waals surface area contributed by atoms with Crippen molar-refractivity contribution in [3.8, 4) is 0 Å². The van der Waals surface area contributed by atoms with Gasteiger partial charge in [0.15, 0.2) is 0 Å². The van der Waals surface area contributed by atoms with Gasteiger partial charge in [-0.1, -0.05) is 30.3 Å². The highest BCUT2D eigenvalue weighted by molar-refractivity contribution is 5.73. The molecule has 0 aliphatic rings. The lowest BCUT2D eigenvalue weighted by Crippen LogP contribution is -2.36. The first-order chi connectivity index (χ1) is 9.26. The van der Waals surface area contributed by atoms with Crippen molar-refractivity contribution in [2.24, 2.45) is 5.73 Å². The van der Waals surface area contributed by atoms with Crippen LogP contribution in [0.3, 0.4) is 0 Å². The van der Waals surface area contributed by atoms with Gasteiger partial charge in [-0.3, -0.25) is 0 Å². The van der Waals surface area contributed by atoms with Gasteiger partial charge in [-0.15, -0.1) is 0 Å². The summed E-state index contributed by atoms with van der Waals surface area (Å²) in [4.78, 5) is 22.3. The molecule has 19 heavy (non-hydrogen) atoms. The van der Waals surface area contributed by atoms with Gasteiger partial charge in [-0.05, 0) is 31.4 Å². The van der Waals surface area contributed by atoms with Crippen molar-refractivity contribution in [3.05, 3.63) is 35.9 Å². The Bertz CT molecular complexity index is 382. The lowest BCUT2D eigenvalue weighted by atomic mass is 10.1. The minimum absolute atomic E-state index is 0.195. The zero-order valence-corrected chi connectivity index (χ0v) is 10.9. The second-order valence-corrected chi connectivity index (χ2v) is 4.23. The van der Waals surface area contributed by atoms with Crippen LogP contribution in [-0.4, -0.2) is 25.0 Å². The van der Waals surface area contributed by atoms with Crippen molar-refractivity contribution in [3.63, 3.8) is 0 Å². The zero-order chi connectivity index (χ0) is 13.9. The van der Waals surface area contributed by atoms with Crippen LogP contribution in [0.1, 0.15) is 24.8 Å². The average molecular weight is 264 g/mol. The lowest BCUT2D eigenvalue weighted by Gasteiger charge is -2.12. The SMILES string of the molecule is NCCCC[C@@H](C=O)NC(=O)OCc1ccccc1. The van der Waals surface area contributed by atoms with Crippen molar-refractivity contribution < 1.29 is 14.3 Å². The number of aldehydes is 1. The summed E-state index contributed by atoms with van der Waals surface area (Å²) in [5.41, 5.74) is 6.28. The predicted octanol–water partition coefficient (Wildman–Crippen LogP) is 1.61. The third-order valence-electron chi connectivity index (χ3n) is 2.65. The second kappa shape index (κ2) is 9.10. The Hall–Kier alpha value is -1.88. The van der Waals surface area contributed by atoms with Crippen LogP contribution in [0.2, 0.25) is 0 Å². The van der Waals surface area contributed by atoms with E-state index in [1.54, 1.807) is 0 Å². The molecule has 0 saturated heterocycles. The van der Waals surface area contributed by atoms with Gasteiger partial charge >= 0.3 is 6.09 Å². The Morgan fingerprint density at radius 2 is 2.05 bits per heavy atom. The Balaban J connectivity index is 2.27. The smallest absolute Gasteiger partial charge is 0.408 e. The number of amides is 1. The van der Waals surface area contributed by atoms with Crippen LogP contribution in [0, 0.1) is 0 Å². The molecule has 0 saturated carbocycles. The summed E-state index contributed by atoms with van der Waals surface area (Å²) in [6.45, 7) is 0.783. The van der Waals surface area contributed by atoms with Crippen LogP contribution in [0.4, 0.5) is 4.79 Å². The van der Waals surface area contributed by atoms with Crippen LogP contribution in [0.25, 0.3) is 0 Å². The zero-order valence-electron chi connectivity index (χ0n) is 10.9. The number of hydrogen-bond acceptors (Lipinski definition) is 4. The summed E-state index contributed by atoms with van der Waals surface area (Å²) >= 11 is 0. The maximum atomic E-state index is 11.5. The van der Waals surface area contributed by atoms with E-state index in [9.17, 15) is 9.59 Å². The number of alkyl carbamates (subject to hydrolysis) is 1. The Morgan fingerprint density at radius 1 is 1.32 bits per heavy atom. The van der Waals surface area contributed by atoms with Gasteiger partial charge in [0.2, 0.25) is 0 Å². The first-order valence-corrected chi connectivity index (χ1v) is 6.39. The van der Waals surface area contributed by atoms with Crippen LogP contribution in [0.15, 0.2) is 30.3 Å².